The molecule has 7 heteroatoms. The number of amides is 1. The van der Waals surface area contributed by atoms with Gasteiger partial charge in [0.2, 0.25) is 5.91 Å². The van der Waals surface area contributed by atoms with Crippen molar-refractivity contribution in [1.29, 1.82) is 0 Å². The lowest BCUT2D eigenvalue weighted by molar-refractivity contribution is -0.129. The second-order valence-corrected chi connectivity index (χ2v) is 9.11. The Morgan fingerprint density at radius 2 is 1.67 bits per heavy atom. The van der Waals surface area contributed by atoms with Gasteiger partial charge in [0.25, 0.3) is 0 Å². The van der Waals surface area contributed by atoms with Gasteiger partial charge in [0.1, 0.15) is 5.75 Å². The number of Topliss-reactive ketones (excluding diaryl/α,β-unsaturated/α-hetero) is 1. The third-order valence-electron chi connectivity index (χ3n) is 4.31. The number of esters is 1. The third kappa shape index (κ3) is 6.62. The second kappa shape index (κ2) is 10.3. The van der Waals surface area contributed by atoms with Crippen molar-refractivity contribution in [2.45, 2.75) is 37.8 Å². The van der Waals surface area contributed by atoms with E-state index in [1.165, 1.54) is 11.8 Å². The molecular formula is C23H27NO5S. The molecule has 0 unspecified atom stereocenters. The Labute approximate surface area is 181 Å². The molecule has 0 aromatic heterocycles. The predicted molar refractivity (Wildman–Crippen MR) is 118 cm³/mol. The van der Waals surface area contributed by atoms with Crippen molar-refractivity contribution in [3.8, 4) is 5.75 Å². The number of ketones is 1. The molecule has 0 saturated carbocycles. The summed E-state index contributed by atoms with van der Waals surface area (Å²) < 4.78 is 10.3. The number of nitrogens with one attached hydrogen (secondary N) is 1. The fraction of sp³-hybridized carbons (Fsp3) is 0.348. The minimum Gasteiger partial charge on any atom is -0.497 e. The first kappa shape index (κ1) is 23.5. The van der Waals surface area contributed by atoms with Crippen molar-refractivity contribution in [2.24, 2.45) is 5.41 Å². The van der Waals surface area contributed by atoms with E-state index in [4.69, 9.17) is 9.47 Å². The van der Waals surface area contributed by atoms with Gasteiger partial charge in [0.05, 0.1) is 17.9 Å². The van der Waals surface area contributed by atoms with E-state index in [2.05, 4.69) is 5.32 Å². The normalized spacial score (nSPS) is 12.0. The number of thioether (sulfide) groups is 1. The fourth-order valence-electron chi connectivity index (χ4n) is 2.33. The lowest BCUT2D eigenvalue weighted by atomic mass is 9.91. The molecule has 0 radical (unpaired) electrons. The lowest BCUT2D eigenvalue weighted by Gasteiger charge is -2.17. The minimum atomic E-state index is -0.585. The highest BCUT2D eigenvalue weighted by Crippen LogP contribution is 2.28. The lowest BCUT2D eigenvalue weighted by Crippen LogP contribution is -2.26. The predicted octanol–water partition coefficient (Wildman–Crippen LogP) is 4.59. The molecule has 0 aliphatic carbocycles. The van der Waals surface area contributed by atoms with Crippen LogP contribution in [0.2, 0.25) is 0 Å². The molecule has 2 rings (SSSR count). The zero-order valence-corrected chi connectivity index (χ0v) is 18.7. The van der Waals surface area contributed by atoms with Gasteiger partial charge in [0.15, 0.2) is 12.4 Å². The quantitative estimate of drug-likeness (QED) is 0.488. The van der Waals surface area contributed by atoms with Gasteiger partial charge < -0.3 is 14.8 Å². The highest BCUT2D eigenvalue weighted by atomic mass is 32.2. The zero-order valence-electron chi connectivity index (χ0n) is 17.9. The van der Waals surface area contributed by atoms with Gasteiger partial charge in [-0.05, 0) is 43.3 Å². The minimum absolute atomic E-state index is 0.159. The summed E-state index contributed by atoms with van der Waals surface area (Å²) >= 11 is 1.25. The SMILES string of the molecule is COc1ccc(NC(=O)[C@@H](C)Sc2ccccc2C(=O)OCC(=O)C(C)(C)C)cc1. The molecule has 1 amide bonds. The van der Waals surface area contributed by atoms with Crippen LogP contribution in [0.15, 0.2) is 53.4 Å². The molecule has 0 fully saturated rings. The van der Waals surface area contributed by atoms with E-state index < -0.39 is 16.6 Å². The summed E-state index contributed by atoms with van der Waals surface area (Å²) in [7, 11) is 1.58. The van der Waals surface area contributed by atoms with Crippen molar-refractivity contribution in [3.63, 3.8) is 0 Å². The van der Waals surface area contributed by atoms with E-state index in [1.54, 1.807) is 83.3 Å². The number of hydrogen-bond donors (Lipinski definition) is 1. The zero-order chi connectivity index (χ0) is 22.3. The second-order valence-electron chi connectivity index (χ2n) is 7.72. The molecular weight excluding hydrogens is 402 g/mol. The molecule has 2 aromatic rings. The number of carbonyl (C=O) groups is 3. The van der Waals surface area contributed by atoms with Crippen molar-refractivity contribution >= 4 is 35.1 Å². The highest BCUT2D eigenvalue weighted by molar-refractivity contribution is 8.00. The molecule has 160 valence electrons. The summed E-state index contributed by atoms with van der Waals surface area (Å²) in [5.41, 5.74) is 0.401. The van der Waals surface area contributed by atoms with Crippen LogP contribution in [0, 0.1) is 5.41 Å². The van der Waals surface area contributed by atoms with E-state index in [1.807, 2.05) is 0 Å². The first-order valence-electron chi connectivity index (χ1n) is 9.53. The van der Waals surface area contributed by atoms with Crippen LogP contribution in [-0.4, -0.2) is 36.6 Å². The third-order valence-corrected chi connectivity index (χ3v) is 5.49. The van der Waals surface area contributed by atoms with Crippen LogP contribution in [-0.2, 0) is 14.3 Å². The highest BCUT2D eigenvalue weighted by Gasteiger charge is 2.24. The Bertz CT molecular complexity index is 903. The van der Waals surface area contributed by atoms with Gasteiger partial charge in [-0.3, -0.25) is 9.59 Å². The molecule has 0 spiro atoms. The summed E-state index contributed by atoms with van der Waals surface area (Å²) in [6, 6.07) is 13.9. The molecule has 0 bridgehead atoms. The van der Waals surface area contributed by atoms with E-state index in [-0.39, 0.29) is 18.3 Å². The largest absolute Gasteiger partial charge is 0.497 e. The Hall–Kier alpha value is -2.80. The first-order chi connectivity index (χ1) is 14.1. The van der Waals surface area contributed by atoms with Crippen LogP contribution in [0.25, 0.3) is 0 Å². The van der Waals surface area contributed by atoms with Gasteiger partial charge in [-0.15, -0.1) is 11.8 Å². The monoisotopic (exact) mass is 429 g/mol. The Morgan fingerprint density at radius 3 is 2.27 bits per heavy atom. The van der Waals surface area contributed by atoms with Crippen molar-refractivity contribution < 1.29 is 23.9 Å². The van der Waals surface area contributed by atoms with Crippen LogP contribution >= 0.6 is 11.8 Å². The maximum absolute atomic E-state index is 12.6. The summed E-state index contributed by atoms with van der Waals surface area (Å²) in [6.45, 7) is 6.80. The summed E-state index contributed by atoms with van der Waals surface area (Å²) in [5, 5.41) is 2.38. The van der Waals surface area contributed by atoms with Gasteiger partial charge in [-0.2, -0.15) is 0 Å². The molecule has 30 heavy (non-hydrogen) atoms. The number of ether oxygens (including phenoxy) is 2. The standard InChI is InChI=1S/C23H27NO5S/c1-15(21(26)24-16-10-12-17(28-5)13-11-16)30-19-9-7-6-8-18(19)22(27)29-14-20(25)23(2,3)4/h6-13,15H,14H2,1-5H3,(H,24,26)/t15-/m1/s1. The van der Waals surface area contributed by atoms with E-state index in [0.29, 0.717) is 21.9 Å². The van der Waals surface area contributed by atoms with Crippen molar-refractivity contribution in [1.82, 2.24) is 0 Å². The molecule has 0 aliphatic heterocycles. The van der Waals surface area contributed by atoms with Gasteiger partial charge in [-0.25, -0.2) is 4.79 Å². The topological polar surface area (TPSA) is 81.7 Å². The smallest absolute Gasteiger partial charge is 0.339 e. The van der Waals surface area contributed by atoms with Crippen LogP contribution < -0.4 is 10.1 Å². The average molecular weight is 430 g/mol. The maximum Gasteiger partial charge on any atom is 0.339 e. The molecule has 6 nitrogen and oxygen atoms in total. The van der Waals surface area contributed by atoms with E-state index in [0.717, 1.165) is 0 Å². The molecule has 1 atom stereocenters. The number of rotatable bonds is 8. The van der Waals surface area contributed by atoms with E-state index >= 15 is 0 Å². The van der Waals surface area contributed by atoms with Crippen molar-refractivity contribution in [3.05, 3.63) is 54.1 Å². The van der Waals surface area contributed by atoms with Gasteiger partial charge in [0, 0.05) is 16.0 Å². The van der Waals surface area contributed by atoms with Crippen LogP contribution in [0.1, 0.15) is 38.1 Å². The van der Waals surface area contributed by atoms with Crippen molar-refractivity contribution in [2.75, 3.05) is 19.0 Å². The van der Waals surface area contributed by atoms with Crippen LogP contribution in [0.5, 0.6) is 5.75 Å². The number of hydrogen-bond acceptors (Lipinski definition) is 6. The molecule has 0 aliphatic rings. The number of anilines is 1. The molecule has 1 N–H and O–H groups in total. The summed E-state index contributed by atoms with van der Waals surface area (Å²) in [6.07, 6.45) is 0. The van der Waals surface area contributed by atoms with Gasteiger partial charge in [-0.1, -0.05) is 32.9 Å². The molecule has 2 aromatic carbocycles. The fourth-order valence-corrected chi connectivity index (χ4v) is 3.31. The number of benzene rings is 2. The summed E-state index contributed by atoms with van der Waals surface area (Å²) in [4.78, 5) is 37.7. The average Bonchev–Trinajstić information content (AvgIpc) is 2.71. The van der Waals surface area contributed by atoms with Crippen LogP contribution in [0.3, 0.4) is 0 Å². The Morgan fingerprint density at radius 1 is 1.03 bits per heavy atom. The Kier molecular flexibility index (Phi) is 8.06. The number of methoxy groups -OCH3 is 1. The van der Waals surface area contributed by atoms with Crippen LogP contribution in [0.4, 0.5) is 5.69 Å². The maximum atomic E-state index is 12.6. The molecule has 0 heterocycles. The summed E-state index contributed by atoms with van der Waals surface area (Å²) in [5.74, 6) is -0.240. The van der Waals surface area contributed by atoms with Gasteiger partial charge >= 0.3 is 5.97 Å². The van der Waals surface area contributed by atoms with E-state index in [9.17, 15) is 14.4 Å². The molecule has 0 saturated heterocycles. The number of carbonyl (C=O) groups excluding carboxylic acids is 3. The first-order valence-corrected chi connectivity index (χ1v) is 10.4. The Balaban J connectivity index is 2.02.